The predicted octanol–water partition coefficient (Wildman–Crippen LogP) is 4.00. The van der Waals surface area contributed by atoms with Crippen LogP contribution in [-0.2, 0) is 0 Å². The molecule has 1 aromatic carbocycles. The van der Waals surface area contributed by atoms with Crippen molar-refractivity contribution in [1.82, 2.24) is 4.98 Å². The molecular weight excluding hydrogens is 220 g/mol. The SMILES string of the molecule is CN(c1ccnc2ccccc12)C1CCCCC1. The van der Waals surface area contributed by atoms with Gasteiger partial charge < -0.3 is 4.90 Å². The molecule has 0 N–H and O–H groups in total. The number of benzene rings is 1. The molecule has 0 bridgehead atoms. The fourth-order valence-electron chi connectivity index (χ4n) is 3.05. The molecule has 0 unspecified atom stereocenters. The summed E-state index contributed by atoms with van der Waals surface area (Å²) in [4.78, 5) is 6.90. The second kappa shape index (κ2) is 4.97. The van der Waals surface area contributed by atoms with E-state index in [9.17, 15) is 0 Å². The lowest BCUT2D eigenvalue weighted by atomic mass is 9.94. The minimum atomic E-state index is 0.699. The maximum Gasteiger partial charge on any atom is 0.0722 e. The van der Waals surface area contributed by atoms with Crippen molar-refractivity contribution in [1.29, 1.82) is 0 Å². The molecule has 1 saturated carbocycles. The summed E-state index contributed by atoms with van der Waals surface area (Å²) in [5.41, 5.74) is 2.42. The molecule has 1 aliphatic rings. The Balaban J connectivity index is 1.97. The predicted molar refractivity (Wildman–Crippen MR) is 77.0 cm³/mol. The van der Waals surface area contributed by atoms with Gasteiger partial charge in [-0.1, -0.05) is 37.5 Å². The molecule has 94 valence electrons. The molecule has 2 heteroatoms. The van der Waals surface area contributed by atoms with Crippen molar-refractivity contribution in [2.45, 2.75) is 38.1 Å². The molecule has 1 aliphatic carbocycles. The van der Waals surface area contributed by atoms with Crippen LogP contribution < -0.4 is 4.90 Å². The number of aromatic nitrogens is 1. The Hall–Kier alpha value is -1.57. The van der Waals surface area contributed by atoms with Gasteiger partial charge in [0, 0.05) is 30.4 Å². The highest BCUT2D eigenvalue weighted by Crippen LogP contribution is 2.30. The Morgan fingerprint density at radius 1 is 1.06 bits per heavy atom. The second-order valence-corrected chi connectivity index (χ2v) is 5.25. The number of para-hydroxylation sites is 1. The molecule has 0 radical (unpaired) electrons. The van der Waals surface area contributed by atoms with E-state index in [-0.39, 0.29) is 0 Å². The van der Waals surface area contributed by atoms with Crippen molar-refractivity contribution in [3.63, 3.8) is 0 Å². The van der Waals surface area contributed by atoms with E-state index in [1.54, 1.807) is 0 Å². The number of nitrogens with zero attached hydrogens (tertiary/aromatic N) is 2. The van der Waals surface area contributed by atoms with E-state index in [2.05, 4.69) is 47.3 Å². The summed E-state index contributed by atoms with van der Waals surface area (Å²) in [6.07, 6.45) is 8.73. The van der Waals surface area contributed by atoms with Crippen LogP contribution in [0.15, 0.2) is 36.5 Å². The maximum atomic E-state index is 4.44. The van der Waals surface area contributed by atoms with Crippen molar-refractivity contribution in [2.24, 2.45) is 0 Å². The normalized spacial score (nSPS) is 16.9. The van der Waals surface area contributed by atoms with Crippen LogP contribution >= 0.6 is 0 Å². The van der Waals surface area contributed by atoms with Gasteiger partial charge >= 0.3 is 0 Å². The van der Waals surface area contributed by atoms with Crippen LogP contribution in [0.4, 0.5) is 5.69 Å². The lowest BCUT2D eigenvalue weighted by Crippen LogP contribution is -2.33. The minimum absolute atomic E-state index is 0.699. The smallest absolute Gasteiger partial charge is 0.0722 e. The van der Waals surface area contributed by atoms with Gasteiger partial charge in [-0.15, -0.1) is 0 Å². The number of hydrogen-bond acceptors (Lipinski definition) is 2. The topological polar surface area (TPSA) is 16.1 Å². The Bertz CT molecular complexity index is 524. The van der Waals surface area contributed by atoms with Crippen LogP contribution in [0.25, 0.3) is 10.9 Å². The van der Waals surface area contributed by atoms with E-state index < -0.39 is 0 Å². The second-order valence-electron chi connectivity index (χ2n) is 5.25. The highest BCUT2D eigenvalue weighted by Gasteiger charge is 2.19. The van der Waals surface area contributed by atoms with Gasteiger partial charge in [0.1, 0.15) is 0 Å². The summed E-state index contributed by atoms with van der Waals surface area (Å²) >= 11 is 0. The lowest BCUT2D eigenvalue weighted by Gasteiger charge is -2.33. The van der Waals surface area contributed by atoms with Crippen LogP contribution in [-0.4, -0.2) is 18.1 Å². The van der Waals surface area contributed by atoms with Gasteiger partial charge in [0.05, 0.1) is 5.52 Å². The van der Waals surface area contributed by atoms with Crippen molar-refractivity contribution < 1.29 is 0 Å². The first kappa shape index (κ1) is 11.5. The van der Waals surface area contributed by atoms with Gasteiger partial charge in [0.2, 0.25) is 0 Å². The summed E-state index contributed by atoms with van der Waals surface area (Å²) in [6, 6.07) is 11.3. The monoisotopic (exact) mass is 240 g/mol. The zero-order valence-electron chi connectivity index (χ0n) is 11.0. The molecule has 0 saturated heterocycles. The Morgan fingerprint density at radius 2 is 1.83 bits per heavy atom. The largest absolute Gasteiger partial charge is 0.371 e. The van der Waals surface area contributed by atoms with E-state index in [0.29, 0.717) is 6.04 Å². The molecule has 18 heavy (non-hydrogen) atoms. The zero-order chi connectivity index (χ0) is 12.4. The number of rotatable bonds is 2. The molecule has 3 rings (SSSR count). The summed E-state index contributed by atoms with van der Waals surface area (Å²) in [5, 5.41) is 1.27. The molecule has 0 atom stereocenters. The molecule has 0 spiro atoms. The van der Waals surface area contributed by atoms with Crippen LogP contribution in [0.3, 0.4) is 0 Å². The van der Waals surface area contributed by atoms with Crippen LogP contribution in [0, 0.1) is 0 Å². The third-order valence-electron chi connectivity index (χ3n) is 4.13. The van der Waals surface area contributed by atoms with E-state index in [1.807, 2.05) is 6.20 Å². The van der Waals surface area contributed by atoms with Crippen molar-refractivity contribution in [2.75, 3.05) is 11.9 Å². The van der Waals surface area contributed by atoms with Crippen molar-refractivity contribution >= 4 is 16.6 Å². The Labute approximate surface area is 109 Å². The van der Waals surface area contributed by atoms with Gasteiger partial charge in [-0.2, -0.15) is 0 Å². The highest BCUT2D eigenvalue weighted by atomic mass is 15.1. The summed E-state index contributed by atoms with van der Waals surface area (Å²) < 4.78 is 0. The lowest BCUT2D eigenvalue weighted by molar-refractivity contribution is 0.428. The average Bonchev–Trinajstić information content (AvgIpc) is 2.47. The summed E-state index contributed by atoms with van der Waals surface area (Å²) in [7, 11) is 2.23. The molecule has 1 fully saturated rings. The first-order chi connectivity index (χ1) is 8.86. The van der Waals surface area contributed by atoms with E-state index in [0.717, 1.165) is 5.52 Å². The van der Waals surface area contributed by atoms with E-state index in [1.165, 1.54) is 43.2 Å². The van der Waals surface area contributed by atoms with E-state index >= 15 is 0 Å². The number of fused-ring (bicyclic) bond motifs is 1. The van der Waals surface area contributed by atoms with Crippen molar-refractivity contribution in [3.8, 4) is 0 Å². The maximum absolute atomic E-state index is 4.44. The standard InChI is InChI=1S/C16H20N2/c1-18(13-7-3-2-4-8-13)16-11-12-17-15-10-6-5-9-14(15)16/h5-6,9-13H,2-4,7-8H2,1H3. The van der Waals surface area contributed by atoms with Crippen LogP contribution in [0.5, 0.6) is 0 Å². The molecular formula is C16H20N2. The van der Waals surface area contributed by atoms with Gasteiger partial charge in [0.25, 0.3) is 0 Å². The van der Waals surface area contributed by atoms with E-state index in [4.69, 9.17) is 0 Å². The minimum Gasteiger partial charge on any atom is -0.371 e. The van der Waals surface area contributed by atoms with Crippen LogP contribution in [0.2, 0.25) is 0 Å². The average molecular weight is 240 g/mol. The van der Waals surface area contributed by atoms with Gasteiger partial charge in [-0.25, -0.2) is 0 Å². The molecule has 1 heterocycles. The van der Waals surface area contributed by atoms with Crippen LogP contribution in [0.1, 0.15) is 32.1 Å². The first-order valence-corrected chi connectivity index (χ1v) is 6.93. The van der Waals surface area contributed by atoms with Gasteiger partial charge in [-0.05, 0) is 25.0 Å². The molecule has 1 aromatic heterocycles. The number of anilines is 1. The number of pyridine rings is 1. The molecule has 0 aliphatic heterocycles. The molecule has 2 nitrogen and oxygen atoms in total. The third kappa shape index (κ3) is 2.07. The zero-order valence-corrected chi connectivity index (χ0v) is 11.0. The quantitative estimate of drug-likeness (QED) is 0.788. The first-order valence-electron chi connectivity index (χ1n) is 6.93. The highest BCUT2D eigenvalue weighted by molar-refractivity contribution is 5.91. The summed E-state index contributed by atoms with van der Waals surface area (Å²) in [6.45, 7) is 0. The third-order valence-corrected chi connectivity index (χ3v) is 4.13. The fraction of sp³-hybridized carbons (Fsp3) is 0.438. The Morgan fingerprint density at radius 3 is 2.67 bits per heavy atom. The molecule has 0 amide bonds. The van der Waals surface area contributed by atoms with Crippen molar-refractivity contribution in [3.05, 3.63) is 36.5 Å². The molecule has 2 aromatic rings. The Kier molecular flexibility index (Phi) is 3.18. The van der Waals surface area contributed by atoms with Gasteiger partial charge in [0.15, 0.2) is 0 Å². The number of hydrogen-bond donors (Lipinski definition) is 0. The fourth-order valence-corrected chi connectivity index (χ4v) is 3.05. The van der Waals surface area contributed by atoms with Gasteiger partial charge in [-0.3, -0.25) is 4.98 Å². The summed E-state index contributed by atoms with van der Waals surface area (Å²) in [5.74, 6) is 0.